The van der Waals surface area contributed by atoms with Gasteiger partial charge >= 0.3 is 0 Å². The quantitative estimate of drug-likeness (QED) is 0.559. The van der Waals surface area contributed by atoms with Crippen molar-refractivity contribution in [2.24, 2.45) is 5.92 Å². The molecule has 1 amide bonds. The van der Waals surface area contributed by atoms with Crippen molar-refractivity contribution in [2.75, 3.05) is 7.11 Å². The van der Waals surface area contributed by atoms with Gasteiger partial charge in [0.25, 0.3) is 5.91 Å². The summed E-state index contributed by atoms with van der Waals surface area (Å²) < 4.78 is 33.0. The van der Waals surface area contributed by atoms with Crippen LogP contribution in [0.15, 0.2) is 42.7 Å². The summed E-state index contributed by atoms with van der Waals surface area (Å²) in [7, 11) is 1.54. The molecule has 0 radical (unpaired) electrons. The minimum atomic E-state index is -0.627. The molecule has 4 rings (SSSR count). The average molecular weight is 440 g/mol. The molecule has 0 spiro atoms. The Bertz CT molecular complexity index is 1100. The maximum atomic E-state index is 14.2. The molecule has 3 aromatic rings. The number of hydrogen-bond acceptors (Lipinski definition) is 4. The van der Waals surface area contributed by atoms with E-state index in [1.807, 2.05) is 6.07 Å². The molecule has 1 N–H and O–H groups in total. The Hall–Kier alpha value is -3.09. The fourth-order valence-corrected chi connectivity index (χ4v) is 4.83. The lowest BCUT2D eigenvalue weighted by Gasteiger charge is -2.34. The molecule has 2 heterocycles. The number of aromatic nitrogens is 2. The molecule has 0 bridgehead atoms. The van der Waals surface area contributed by atoms with E-state index in [2.05, 4.69) is 22.2 Å². The molecule has 0 aliphatic heterocycles. The number of methoxy groups -OCH3 is 1. The Balaban J connectivity index is 1.43. The van der Waals surface area contributed by atoms with Gasteiger partial charge in [0.2, 0.25) is 5.88 Å². The van der Waals surface area contributed by atoms with Gasteiger partial charge in [-0.1, -0.05) is 6.92 Å². The van der Waals surface area contributed by atoms with E-state index >= 15 is 0 Å². The van der Waals surface area contributed by atoms with Crippen LogP contribution in [0, 0.1) is 17.6 Å². The second-order valence-corrected chi connectivity index (χ2v) is 8.37. The third kappa shape index (κ3) is 4.56. The third-order valence-electron chi connectivity index (χ3n) is 6.54. The van der Waals surface area contributed by atoms with Crippen LogP contribution in [-0.4, -0.2) is 29.0 Å². The summed E-state index contributed by atoms with van der Waals surface area (Å²) in [5.74, 6) is -0.308. The second kappa shape index (κ2) is 9.59. The first kappa shape index (κ1) is 22.1. The van der Waals surface area contributed by atoms with E-state index in [4.69, 9.17) is 4.74 Å². The van der Waals surface area contributed by atoms with E-state index in [-0.39, 0.29) is 23.4 Å². The van der Waals surface area contributed by atoms with Crippen LogP contribution in [-0.2, 0) is 0 Å². The van der Waals surface area contributed by atoms with Gasteiger partial charge in [0, 0.05) is 36.0 Å². The summed E-state index contributed by atoms with van der Waals surface area (Å²) in [5.41, 5.74) is 1.68. The van der Waals surface area contributed by atoms with Crippen LogP contribution in [0.4, 0.5) is 8.78 Å². The predicted molar refractivity (Wildman–Crippen MR) is 119 cm³/mol. The highest BCUT2D eigenvalue weighted by molar-refractivity contribution is 5.94. The van der Waals surface area contributed by atoms with Crippen LogP contribution in [0.2, 0.25) is 0 Å². The summed E-state index contributed by atoms with van der Waals surface area (Å²) in [5, 5.41) is 3.72. The van der Waals surface area contributed by atoms with E-state index in [1.165, 1.54) is 19.4 Å². The number of benzene rings is 1. The number of pyridine rings is 2. The largest absolute Gasteiger partial charge is 0.481 e. The summed E-state index contributed by atoms with van der Waals surface area (Å²) in [6, 6.07) is 7.58. The van der Waals surface area contributed by atoms with Gasteiger partial charge < -0.3 is 10.1 Å². The predicted octanol–water partition coefficient (Wildman–Crippen LogP) is 5.40. The lowest BCUT2D eigenvalue weighted by Crippen LogP contribution is -2.41. The number of fused-ring (bicyclic) bond motifs is 1. The van der Waals surface area contributed by atoms with Gasteiger partial charge in [-0.3, -0.25) is 9.78 Å². The number of halogens is 2. The Morgan fingerprint density at radius 2 is 1.94 bits per heavy atom. The smallest absolute Gasteiger partial charge is 0.253 e. The molecule has 2 aromatic heterocycles. The molecule has 7 heteroatoms. The van der Waals surface area contributed by atoms with E-state index in [1.54, 1.807) is 18.3 Å². The first-order valence-electron chi connectivity index (χ1n) is 11.0. The zero-order chi connectivity index (χ0) is 22.7. The number of amides is 1. The Morgan fingerprint density at radius 1 is 1.16 bits per heavy atom. The molecule has 1 fully saturated rings. The number of ether oxygens (including phenoxy) is 1. The zero-order valence-corrected chi connectivity index (χ0v) is 18.3. The summed E-state index contributed by atoms with van der Waals surface area (Å²) in [6.07, 6.45) is 7.63. The van der Waals surface area contributed by atoms with Crippen molar-refractivity contribution in [1.29, 1.82) is 0 Å². The standard InChI is InChI=1S/C25H27F2N3O2/c1-3-22(30-25(31)17-8-9-23(32-2)29-14-17)16-6-4-15(5-7-16)19-10-11-28-24-20(19)12-18(26)13-21(24)27/h8-16,22H,3-7H2,1-2H3,(H,30,31)/t15?,16?,22-/m1/s1. The normalized spacial score (nSPS) is 19.5. The molecule has 1 saturated carbocycles. The van der Waals surface area contributed by atoms with Crippen molar-refractivity contribution >= 4 is 16.8 Å². The van der Waals surface area contributed by atoms with Crippen LogP contribution in [0.25, 0.3) is 10.9 Å². The van der Waals surface area contributed by atoms with Crippen molar-refractivity contribution in [3.05, 3.63) is 65.5 Å². The number of rotatable bonds is 6. The number of hydrogen-bond donors (Lipinski definition) is 1. The van der Waals surface area contributed by atoms with Gasteiger partial charge in [-0.25, -0.2) is 13.8 Å². The summed E-state index contributed by atoms with van der Waals surface area (Å²) >= 11 is 0. The highest BCUT2D eigenvalue weighted by Crippen LogP contribution is 2.40. The molecule has 1 aliphatic carbocycles. The van der Waals surface area contributed by atoms with E-state index in [0.29, 0.717) is 22.7 Å². The van der Waals surface area contributed by atoms with Crippen molar-refractivity contribution in [3.8, 4) is 5.88 Å². The molecule has 5 nitrogen and oxygen atoms in total. The first-order chi connectivity index (χ1) is 15.5. The van der Waals surface area contributed by atoms with Crippen LogP contribution in [0.3, 0.4) is 0 Å². The zero-order valence-electron chi connectivity index (χ0n) is 18.3. The molecule has 0 unspecified atom stereocenters. The molecule has 0 saturated heterocycles. The molecule has 32 heavy (non-hydrogen) atoms. The maximum Gasteiger partial charge on any atom is 0.253 e. The van der Waals surface area contributed by atoms with Crippen LogP contribution >= 0.6 is 0 Å². The molecule has 168 valence electrons. The van der Waals surface area contributed by atoms with E-state index in [0.717, 1.165) is 43.7 Å². The lowest BCUT2D eigenvalue weighted by molar-refractivity contribution is 0.0909. The van der Waals surface area contributed by atoms with Crippen molar-refractivity contribution < 1.29 is 18.3 Å². The first-order valence-corrected chi connectivity index (χ1v) is 11.0. The minimum Gasteiger partial charge on any atom is -0.481 e. The van der Waals surface area contributed by atoms with Crippen LogP contribution in [0.5, 0.6) is 5.88 Å². The van der Waals surface area contributed by atoms with E-state index < -0.39 is 11.6 Å². The number of nitrogens with zero attached hydrogens (tertiary/aromatic N) is 2. The lowest BCUT2D eigenvalue weighted by atomic mass is 9.75. The molecule has 1 aliphatic rings. The van der Waals surface area contributed by atoms with Gasteiger partial charge in [0.05, 0.1) is 12.7 Å². The van der Waals surface area contributed by atoms with Crippen molar-refractivity contribution in [2.45, 2.75) is 51.0 Å². The van der Waals surface area contributed by atoms with Crippen LogP contribution in [0.1, 0.15) is 60.9 Å². The van der Waals surface area contributed by atoms with E-state index in [9.17, 15) is 13.6 Å². The fourth-order valence-electron chi connectivity index (χ4n) is 4.83. The van der Waals surface area contributed by atoms with Gasteiger partial charge in [-0.05, 0) is 67.7 Å². The maximum absolute atomic E-state index is 14.2. The minimum absolute atomic E-state index is 0.0645. The highest BCUT2D eigenvalue weighted by atomic mass is 19.1. The number of nitrogens with one attached hydrogen (secondary N) is 1. The Labute approximate surface area is 186 Å². The van der Waals surface area contributed by atoms with Crippen molar-refractivity contribution in [1.82, 2.24) is 15.3 Å². The average Bonchev–Trinajstić information content (AvgIpc) is 2.82. The third-order valence-corrected chi connectivity index (χ3v) is 6.54. The van der Waals surface area contributed by atoms with Gasteiger partial charge in [-0.15, -0.1) is 0 Å². The number of carbonyl (C=O) groups is 1. The fraction of sp³-hybridized carbons (Fsp3) is 0.400. The van der Waals surface area contributed by atoms with Crippen LogP contribution < -0.4 is 10.1 Å². The summed E-state index contributed by atoms with van der Waals surface area (Å²) in [6.45, 7) is 2.07. The molecular weight excluding hydrogens is 412 g/mol. The Morgan fingerprint density at radius 3 is 2.59 bits per heavy atom. The van der Waals surface area contributed by atoms with Gasteiger partial charge in [0.1, 0.15) is 11.3 Å². The molecule has 1 atom stereocenters. The Kier molecular flexibility index (Phi) is 6.63. The van der Waals surface area contributed by atoms with Gasteiger partial charge in [-0.2, -0.15) is 0 Å². The molecular formula is C25H27F2N3O2. The SMILES string of the molecule is CC[C@@H](NC(=O)c1ccc(OC)nc1)C1CCC(c2ccnc3c(F)cc(F)cc23)CC1. The number of carbonyl (C=O) groups excluding carboxylic acids is 1. The highest BCUT2D eigenvalue weighted by Gasteiger charge is 2.29. The second-order valence-electron chi connectivity index (χ2n) is 8.37. The topological polar surface area (TPSA) is 64.1 Å². The van der Waals surface area contributed by atoms with Crippen molar-refractivity contribution in [3.63, 3.8) is 0 Å². The monoisotopic (exact) mass is 439 g/mol. The van der Waals surface area contributed by atoms with Gasteiger partial charge in [0.15, 0.2) is 5.82 Å². The summed E-state index contributed by atoms with van der Waals surface area (Å²) in [4.78, 5) is 20.9. The molecule has 1 aromatic carbocycles.